The fourth-order valence-corrected chi connectivity index (χ4v) is 6.73. The lowest BCUT2D eigenvalue weighted by atomic mass is 10.1. The van der Waals surface area contributed by atoms with Gasteiger partial charge in [-0.05, 0) is 44.0 Å². The molecule has 0 aliphatic carbocycles. The van der Waals surface area contributed by atoms with Gasteiger partial charge in [0.1, 0.15) is 18.0 Å². The van der Waals surface area contributed by atoms with Crippen LogP contribution in [-0.2, 0) is 11.3 Å². The van der Waals surface area contributed by atoms with Crippen LogP contribution in [0.1, 0.15) is 25.0 Å². The van der Waals surface area contributed by atoms with Gasteiger partial charge in [-0.3, -0.25) is 4.79 Å². The van der Waals surface area contributed by atoms with E-state index < -0.39 is 0 Å². The zero-order valence-corrected chi connectivity index (χ0v) is 25.5. The molecule has 11 nitrogen and oxygen atoms in total. The molecule has 0 spiro atoms. The summed E-state index contributed by atoms with van der Waals surface area (Å²) in [5, 5.41) is 22.2. The van der Waals surface area contributed by atoms with Crippen LogP contribution in [0.4, 0.5) is 17.2 Å². The first kappa shape index (κ1) is 29.5. The minimum absolute atomic E-state index is 0.165. The highest BCUT2D eigenvalue weighted by Gasteiger charge is 2.34. The van der Waals surface area contributed by atoms with E-state index in [1.807, 2.05) is 31.3 Å². The van der Waals surface area contributed by atoms with E-state index in [1.54, 1.807) is 11.0 Å². The fourth-order valence-electron chi connectivity index (χ4n) is 6.73. The molecule has 44 heavy (non-hydrogen) atoms. The number of hydrogen-bond acceptors (Lipinski definition) is 10. The summed E-state index contributed by atoms with van der Waals surface area (Å²) in [5.74, 6) is 0.811. The molecule has 3 aromatic rings. The first-order valence-electron chi connectivity index (χ1n) is 15.3. The molecule has 6 rings (SSSR count). The minimum atomic E-state index is -0.285. The van der Waals surface area contributed by atoms with Crippen LogP contribution in [-0.4, -0.2) is 103 Å². The van der Waals surface area contributed by atoms with Crippen molar-refractivity contribution in [2.45, 2.75) is 37.9 Å². The molecule has 230 valence electrons. The fraction of sp³-hybridized carbons (Fsp3) is 0.455. The Balaban J connectivity index is 1.39. The Bertz CT molecular complexity index is 1590. The second-order valence-corrected chi connectivity index (χ2v) is 11.9. The van der Waals surface area contributed by atoms with Gasteiger partial charge in [0, 0.05) is 63.0 Å². The van der Waals surface area contributed by atoms with Gasteiger partial charge in [-0.15, -0.1) is 0 Å². The van der Waals surface area contributed by atoms with Gasteiger partial charge < -0.3 is 34.3 Å². The first-order valence-corrected chi connectivity index (χ1v) is 15.3. The number of piperazine rings is 1. The average Bonchev–Trinajstić information content (AvgIpc) is 3.37. The topological polar surface area (TPSA) is 112 Å². The van der Waals surface area contributed by atoms with Crippen LogP contribution in [0, 0.1) is 11.3 Å². The zero-order valence-electron chi connectivity index (χ0n) is 25.5. The number of nitriles is 1. The maximum Gasteiger partial charge on any atom is 0.318 e. The molecule has 2 fully saturated rings. The van der Waals surface area contributed by atoms with Crippen molar-refractivity contribution in [3.63, 3.8) is 0 Å². The zero-order chi connectivity index (χ0) is 30.8. The number of likely N-dealkylation sites (N-methyl/N-ethyl adjacent to an activating group) is 2. The monoisotopic (exact) mass is 596 g/mol. The number of ether oxygens (including phenoxy) is 1. The summed E-state index contributed by atoms with van der Waals surface area (Å²) in [4.78, 5) is 33.3. The quantitative estimate of drug-likeness (QED) is 0.408. The Kier molecular flexibility index (Phi) is 8.44. The number of likely N-dealkylation sites (tertiary alicyclic amines) is 1. The maximum absolute atomic E-state index is 12.6. The number of aromatic nitrogens is 2. The van der Waals surface area contributed by atoms with E-state index in [2.05, 4.69) is 45.4 Å². The second-order valence-electron chi connectivity index (χ2n) is 11.9. The summed E-state index contributed by atoms with van der Waals surface area (Å²) in [5.41, 5.74) is 2.70. The number of rotatable bonds is 7. The number of phenols is 1. The van der Waals surface area contributed by atoms with Crippen molar-refractivity contribution < 1.29 is 14.6 Å². The predicted molar refractivity (Wildman–Crippen MR) is 171 cm³/mol. The van der Waals surface area contributed by atoms with E-state index in [1.165, 1.54) is 6.08 Å². The third kappa shape index (κ3) is 5.82. The molecule has 11 heteroatoms. The van der Waals surface area contributed by atoms with Crippen molar-refractivity contribution in [2.75, 3.05) is 74.7 Å². The van der Waals surface area contributed by atoms with Crippen molar-refractivity contribution in [1.29, 1.82) is 5.26 Å². The third-order valence-corrected chi connectivity index (χ3v) is 9.15. The molecule has 4 heterocycles. The van der Waals surface area contributed by atoms with Gasteiger partial charge in [-0.25, -0.2) is 0 Å². The molecule has 0 bridgehead atoms. The van der Waals surface area contributed by atoms with Gasteiger partial charge in [0.2, 0.25) is 5.91 Å². The van der Waals surface area contributed by atoms with Crippen LogP contribution >= 0.6 is 0 Å². The molecule has 2 atom stereocenters. The van der Waals surface area contributed by atoms with Crippen molar-refractivity contribution >= 4 is 33.9 Å². The van der Waals surface area contributed by atoms with Gasteiger partial charge in [-0.1, -0.05) is 30.8 Å². The van der Waals surface area contributed by atoms with E-state index in [4.69, 9.17) is 14.7 Å². The lowest BCUT2D eigenvalue weighted by molar-refractivity contribution is -0.128. The Hall–Kier alpha value is -4.56. The summed E-state index contributed by atoms with van der Waals surface area (Å²) in [6.07, 6.45) is 3.75. The molecule has 1 N–H and O–H groups in total. The lowest BCUT2D eigenvalue weighted by Crippen LogP contribution is -2.55. The van der Waals surface area contributed by atoms with Crippen LogP contribution in [0.15, 0.2) is 49.1 Å². The summed E-state index contributed by atoms with van der Waals surface area (Å²) >= 11 is 0. The first-order chi connectivity index (χ1) is 21.4. The largest absolute Gasteiger partial charge is 0.508 e. The normalized spacial score (nSPS) is 20.8. The summed E-state index contributed by atoms with van der Waals surface area (Å²) in [6, 6.07) is 14.3. The molecule has 1 amide bonds. The number of benzene rings is 2. The molecule has 2 saturated heterocycles. The number of carbonyl (C=O) groups is 1. The van der Waals surface area contributed by atoms with E-state index in [0.717, 1.165) is 53.0 Å². The van der Waals surface area contributed by atoms with Crippen LogP contribution in [0.25, 0.3) is 10.8 Å². The van der Waals surface area contributed by atoms with Gasteiger partial charge in [0.05, 0.1) is 30.8 Å². The highest BCUT2D eigenvalue weighted by molar-refractivity contribution is 5.96. The number of phenolic OH excluding ortho intramolecular Hbond substituents is 1. The maximum atomic E-state index is 12.6. The average molecular weight is 597 g/mol. The number of carbonyl (C=O) groups excluding carboxylic acids is 1. The van der Waals surface area contributed by atoms with E-state index in [9.17, 15) is 15.2 Å². The number of amides is 1. The number of aromatic hydroxyl groups is 1. The molecule has 0 saturated carbocycles. The Morgan fingerprint density at radius 1 is 1.11 bits per heavy atom. The van der Waals surface area contributed by atoms with Gasteiger partial charge in [-0.2, -0.15) is 15.2 Å². The van der Waals surface area contributed by atoms with Crippen molar-refractivity contribution in [2.24, 2.45) is 0 Å². The highest BCUT2D eigenvalue weighted by Crippen LogP contribution is 2.39. The summed E-state index contributed by atoms with van der Waals surface area (Å²) < 4.78 is 6.32. The van der Waals surface area contributed by atoms with Crippen molar-refractivity contribution in [3.05, 3.63) is 54.7 Å². The molecule has 3 aliphatic heterocycles. The van der Waals surface area contributed by atoms with E-state index in [-0.39, 0.29) is 24.1 Å². The Morgan fingerprint density at radius 2 is 1.93 bits per heavy atom. The number of fused-ring (bicyclic) bond motifs is 2. The lowest BCUT2D eigenvalue weighted by Gasteiger charge is -2.41. The van der Waals surface area contributed by atoms with Crippen LogP contribution < -0.4 is 19.4 Å². The SMILES string of the molecule is C=CC(=O)N1CCN(c2nc(OC[C@H]3CCCN3C)nc3c2N(C)CCN(c2cc(O)cc4ccccc24)C3)C[C@@H]1CC#N. The van der Waals surface area contributed by atoms with E-state index in [0.29, 0.717) is 57.9 Å². The van der Waals surface area contributed by atoms with Gasteiger partial charge in [0.25, 0.3) is 0 Å². The minimum Gasteiger partial charge on any atom is -0.508 e. The van der Waals surface area contributed by atoms with Crippen LogP contribution in [0.2, 0.25) is 0 Å². The third-order valence-electron chi connectivity index (χ3n) is 9.15. The summed E-state index contributed by atoms with van der Waals surface area (Å²) in [7, 11) is 4.17. The van der Waals surface area contributed by atoms with Crippen molar-refractivity contribution in [3.8, 4) is 17.8 Å². The van der Waals surface area contributed by atoms with Crippen LogP contribution in [0.5, 0.6) is 11.8 Å². The Labute approximate surface area is 258 Å². The Morgan fingerprint density at radius 3 is 2.70 bits per heavy atom. The number of anilines is 3. The number of nitrogens with zero attached hydrogens (tertiary/aromatic N) is 8. The molecular weight excluding hydrogens is 556 g/mol. The standard InChI is InChI=1S/C33H40N8O3/c1-4-30(43)41-17-16-40(20-24(41)11-12-34)32-31-28(35-33(36-32)44-22-25-9-7-13-37(25)2)21-39(15-14-38(31)3)29-19-26(42)18-23-8-5-6-10-27(23)29/h4-6,8,10,18-19,24-25,42H,1,7,9,11,13-17,20-22H2,2-3H3/t24-,25+/m0/s1. The molecule has 0 unspecified atom stereocenters. The second kappa shape index (κ2) is 12.6. The molecule has 2 aromatic carbocycles. The molecular formula is C33H40N8O3. The smallest absolute Gasteiger partial charge is 0.318 e. The van der Waals surface area contributed by atoms with E-state index >= 15 is 0 Å². The molecule has 0 radical (unpaired) electrons. The molecule has 1 aromatic heterocycles. The number of hydrogen-bond donors (Lipinski definition) is 1. The van der Waals surface area contributed by atoms with Crippen LogP contribution in [0.3, 0.4) is 0 Å². The highest BCUT2D eigenvalue weighted by atomic mass is 16.5. The van der Waals surface area contributed by atoms with Gasteiger partial charge >= 0.3 is 6.01 Å². The summed E-state index contributed by atoms with van der Waals surface area (Å²) in [6.45, 7) is 8.62. The molecule has 3 aliphatic rings. The predicted octanol–water partition coefficient (Wildman–Crippen LogP) is 3.38. The van der Waals surface area contributed by atoms with Gasteiger partial charge in [0.15, 0.2) is 5.82 Å². The van der Waals surface area contributed by atoms with Crippen molar-refractivity contribution in [1.82, 2.24) is 19.8 Å².